The van der Waals surface area contributed by atoms with Crippen molar-refractivity contribution in [2.45, 2.75) is 26.2 Å². The van der Waals surface area contributed by atoms with E-state index >= 15 is 0 Å². The van der Waals surface area contributed by atoms with Crippen LogP contribution in [0.25, 0.3) is 11.4 Å². The summed E-state index contributed by atoms with van der Waals surface area (Å²) in [6.07, 6.45) is 5.42. The summed E-state index contributed by atoms with van der Waals surface area (Å²) in [6, 6.07) is 7.95. The third-order valence-electron chi connectivity index (χ3n) is 3.85. The number of hydrogen-bond acceptors (Lipinski definition) is 6. The normalized spacial score (nSPS) is 11.4. The molecule has 0 bridgehead atoms. The van der Waals surface area contributed by atoms with Crippen molar-refractivity contribution in [3.63, 3.8) is 0 Å². The second-order valence-corrected chi connectivity index (χ2v) is 7.00. The quantitative estimate of drug-likeness (QED) is 0.320. The summed E-state index contributed by atoms with van der Waals surface area (Å²) in [5.41, 5.74) is 3.97. The van der Waals surface area contributed by atoms with E-state index in [1.54, 1.807) is 12.4 Å². The molecular formula is C19H27N4O3+. The van der Waals surface area contributed by atoms with Gasteiger partial charge in [0.15, 0.2) is 0 Å². The SMILES string of the molecule is Cc1ccnc(-c2cc(CCCC(=O)OC[N+](C)(C)CON)ccn2)c1. The maximum absolute atomic E-state index is 11.9. The zero-order valence-electron chi connectivity index (χ0n) is 15.6. The topological polar surface area (TPSA) is 87.3 Å². The summed E-state index contributed by atoms with van der Waals surface area (Å²) in [4.78, 5) is 25.2. The van der Waals surface area contributed by atoms with E-state index in [4.69, 9.17) is 10.6 Å². The van der Waals surface area contributed by atoms with Crippen molar-refractivity contribution in [3.8, 4) is 11.4 Å². The third kappa shape index (κ3) is 6.51. The number of nitrogens with two attached hydrogens (primary N) is 1. The molecule has 0 saturated heterocycles. The summed E-state index contributed by atoms with van der Waals surface area (Å²) >= 11 is 0. The number of ether oxygens (including phenoxy) is 1. The Hall–Kier alpha value is -2.35. The average Bonchev–Trinajstić information content (AvgIpc) is 2.60. The van der Waals surface area contributed by atoms with E-state index in [0.717, 1.165) is 28.9 Å². The fourth-order valence-electron chi connectivity index (χ4n) is 2.44. The Balaban J connectivity index is 1.83. The Kier molecular flexibility index (Phi) is 7.20. The van der Waals surface area contributed by atoms with Crippen molar-refractivity contribution in [1.82, 2.24) is 9.97 Å². The number of hydrogen-bond donors (Lipinski definition) is 1. The van der Waals surface area contributed by atoms with E-state index in [0.29, 0.717) is 17.3 Å². The molecule has 2 N–H and O–H groups in total. The molecule has 0 amide bonds. The van der Waals surface area contributed by atoms with Gasteiger partial charge in [-0.1, -0.05) is 0 Å². The molecule has 2 aromatic heterocycles. The van der Waals surface area contributed by atoms with Gasteiger partial charge in [-0.2, -0.15) is 0 Å². The van der Waals surface area contributed by atoms with E-state index < -0.39 is 0 Å². The number of aryl methyl sites for hydroxylation is 2. The molecule has 2 aromatic rings. The first-order valence-corrected chi connectivity index (χ1v) is 8.57. The molecule has 0 aliphatic rings. The highest BCUT2D eigenvalue weighted by atomic mass is 16.6. The molecule has 26 heavy (non-hydrogen) atoms. The number of aromatic nitrogens is 2. The highest BCUT2D eigenvalue weighted by Gasteiger charge is 2.17. The van der Waals surface area contributed by atoms with E-state index in [1.165, 1.54) is 0 Å². The van der Waals surface area contributed by atoms with Crippen LogP contribution in [0.15, 0.2) is 36.7 Å². The molecule has 2 rings (SSSR count). The monoisotopic (exact) mass is 359 g/mol. The molecule has 0 fully saturated rings. The maximum atomic E-state index is 11.9. The Morgan fingerprint density at radius 2 is 1.81 bits per heavy atom. The van der Waals surface area contributed by atoms with Crippen molar-refractivity contribution < 1.29 is 18.9 Å². The van der Waals surface area contributed by atoms with Gasteiger partial charge in [0, 0.05) is 18.8 Å². The largest absolute Gasteiger partial charge is 0.415 e. The fourth-order valence-corrected chi connectivity index (χ4v) is 2.44. The van der Waals surface area contributed by atoms with Gasteiger partial charge in [0.1, 0.15) is 0 Å². The molecule has 0 atom stereocenters. The van der Waals surface area contributed by atoms with Gasteiger partial charge in [0.25, 0.3) is 0 Å². The lowest BCUT2D eigenvalue weighted by molar-refractivity contribution is -0.926. The standard InChI is InChI=1S/C19H27N4O3/c1-15-7-9-21-17(11-15)18-12-16(8-10-22-18)5-4-6-19(24)25-13-23(2,3)14-26-20/h7-12H,4-6,13-14,20H2,1-3H3/q+1. The van der Waals surface area contributed by atoms with Gasteiger partial charge in [0.2, 0.25) is 13.5 Å². The minimum atomic E-state index is -0.220. The molecule has 0 saturated carbocycles. The highest BCUT2D eigenvalue weighted by Crippen LogP contribution is 2.17. The predicted molar refractivity (Wildman–Crippen MR) is 98.3 cm³/mol. The van der Waals surface area contributed by atoms with E-state index in [-0.39, 0.29) is 19.4 Å². The highest BCUT2D eigenvalue weighted by molar-refractivity contribution is 5.69. The van der Waals surface area contributed by atoms with Crippen LogP contribution in [0.3, 0.4) is 0 Å². The Morgan fingerprint density at radius 3 is 2.50 bits per heavy atom. The fraction of sp³-hybridized carbons (Fsp3) is 0.421. The van der Waals surface area contributed by atoms with Crippen LogP contribution in [0.2, 0.25) is 0 Å². The number of nitrogens with zero attached hydrogens (tertiary/aromatic N) is 3. The summed E-state index contributed by atoms with van der Waals surface area (Å²) in [7, 11) is 3.75. The molecule has 0 unspecified atom stereocenters. The van der Waals surface area contributed by atoms with Crippen LogP contribution >= 0.6 is 0 Å². The number of esters is 1. The Bertz CT molecular complexity index is 734. The summed E-state index contributed by atoms with van der Waals surface area (Å²) in [5, 5.41) is 0. The van der Waals surface area contributed by atoms with Crippen LogP contribution < -0.4 is 5.90 Å². The number of carbonyl (C=O) groups excluding carboxylic acids is 1. The van der Waals surface area contributed by atoms with Gasteiger partial charge in [0.05, 0.1) is 25.5 Å². The van der Waals surface area contributed by atoms with Crippen molar-refractivity contribution in [2.75, 3.05) is 27.6 Å². The minimum absolute atomic E-state index is 0.220. The molecule has 7 heteroatoms. The van der Waals surface area contributed by atoms with Crippen molar-refractivity contribution in [1.29, 1.82) is 0 Å². The van der Waals surface area contributed by atoms with Crippen molar-refractivity contribution >= 4 is 5.97 Å². The zero-order chi connectivity index (χ0) is 19.0. The second-order valence-electron chi connectivity index (χ2n) is 7.00. The van der Waals surface area contributed by atoms with Crippen LogP contribution in [-0.2, 0) is 20.8 Å². The smallest absolute Gasteiger partial charge is 0.310 e. The van der Waals surface area contributed by atoms with Crippen molar-refractivity contribution in [3.05, 3.63) is 47.8 Å². The van der Waals surface area contributed by atoms with E-state index in [1.807, 2.05) is 45.3 Å². The molecule has 0 aliphatic heterocycles. The van der Waals surface area contributed by atoms with Gasteiger partial charge >= 0.3 is 5.97 Å². The molecule has 0 spiro atoms. The Labute approximate surface area is 154 Å². The van der Waals surface area contributed by atoms with Gasteiger partial charge in [-0.3, -0.25) is 19.2 Å². The Morgan fingerprint density at radius 1 is 1.12 bits per heavy atom. The second kappa shape index (κ2) is 9.38. The molecule has 2 heterocycles. The average molecular weight is 359 g/mol. The first-order valence-electron chi connectivity index (χ1n) is 8.57. The van der Waals surface area contributed by atoms with Crippen LogP contribution in [0.4, 0.5) is 0 Å². The van der Waals surface area contributed by atoms with Crippen LogP contribution in [0.5, 0.6) is 0 Å². The van der Waals surface area contributed by atoms with E-state index in [9.17, 15) is 4.79 Å². The minimum Gasteiger partial charge on any atom is -0.415 e. The number of pyridine rings is 2. The van der Waals surface area contributed by atoms with E-state index in [2.05, 4.69) is 14.8 Å². The van der Waals surface area contributed by atoms with Gasteiger partial charge in [-0.05, 0) is 55.2 Å². The molecule has 0 radical (unpaired) electrons. The lowest BCUT2D eigenvalue weighted by Crippen LogP contribution is -2.44. The zero-order valence-corrected chi connectivity index (χ0v) is 15.6. The lowest BCUT2D eigenvalue weighted by Gasteiger charge is -2.26. The van der Waals surface area contributed by atoms with Gasteiger partial charge in [-0.25, -0.2) is 10.7 Å². The number of rotatable bonds is 9. The summed E-state index contributed by atoms with van der Waals surface area (Å²) in [5.74, 6) is 4.84. The summed E-state index contributed by atoms with van der Waals surface area (Å²) < 4.78 is 5.64. The lowest BCUT2D eigenvalue weighted by atomic mass is 10.1. The maximum Gasteiger partial charge on any atom is 0.310 e. The van der Waals surface area contributed by atoms with Gasteiger partial charge < -0.3 is 4.74 Å². The molecule has 0 aliphatic carbocycles. The third-order valence-corrected chi connectivity index (χ3v) is 3.85. The van der Waals surface area contributed by atoms with Gasteiger partial charge in [-0.15, -0.1) is 0 Å². The van der Waals surface area contributed by atoms with Crippen LogP contribution in [0.1, 0.15) is 24.0 Å². The number of quaternary nitrogens is 1. The molecule has 0 aromatic carbocycles. The molecule has 7 nitrogen and oxygen atoms in total. The number of carbonyl (C=O) groups is 1. The summed E-state index contributed by atoms with van der Waals surface area (Å²) in [6.45, 7) is 2.54. The van der Waals surface area contributed by atoms with Crippen molar-refractivity contribution in [2.24, 2.45) is 5.90 Å². The molecule has 140 valence electrons. The predicted octanol–water partition coefficient (Wildman–Crippen LogP) is 2.20. The first-order chi connectivity index (χ1) is 12.4. The molecular weight excluding hydrogens is 332 g/mol. The van der Waals surface area contributed by atoms with Crippen LogP contribution in [0, 0.1) is 6.92 Å². The van der Waals surface area contributed by atoms with Crippen LogP contribution in [-0.4, -0.2) is 48.0 Å². The first kappa shape index (κ1) is 20.0.